The van der Waals surface area contributed by atoms with E-state index in [-0.39, 0.29) is 0 Å². The third-order valence-electron chi connectivity index (χ3n) is 4.44. The third-order valence-corrected chi connectivity index (χ3v) is 4.44. The van der Waals surface area contributed by atoms with Gasteiger partial charge in [-0.3, -0.25) is 4.90 Å². The van der Waals surface area contributed by atoms with Crippen LogP contribution in [0.3, 0.4) is 0 Å². The molecule has 1 aliphatic rings. The van der Waals surface area contributed by atoms with Gasteiger partial charge in [-0.15, -0.1) is 0 Å². The number of nitrogens with zero attached hydrogens (tertiary/aromatic N) is 1. The van der Waals surface area contributed by atoms with E-state index < -0.39 is 0 Å². The lowest BCUT2D eigenvalue weighted by atomic mass is 9.95. The fourth-order valence-electron chi connectivity index (χ4n) is 3.05. The van der Waals surface area contributed by atoms with Crippen molar-refractivity contribution in [1.29, 1.82) is 0 Å². The standard InChI is InChI=1S/C18H22N2/c1-13-6-8-15(9-7-13)14(2)20-11-10-17-16(12-20)4-3-5-18(17)19/h3-9,14H,10-12,19H2,1-2H3. The lowest BCUT2D eigenvalue weighted by molar-refractivity contribution is 0.192. The molecule has 0 radical (unpaired) electrons. The second kappa shape index (κ2) is 5.29. The first-order valence-electron chi connectivity index (χ1n) is 7.32. The Kier molecular flexibility index (Phi) is 3.49. The van der Waals surface area contributed by atoms with E-state index >= 15 is 0 Å². The zero-order chi connectivity index (χ0) is 14.1. The van der Waals surface area contributed by atoms with E-state index in [0.717, 1.165) is 25.2 Å². The Morgan fingerprint density at radius 2 is 1.85 bits per heavy atom. The number of hydrogen-bond donors (Lipinski definition) is 1. The van der Waals surface area contributed by atoms with Gasteiger partial charge in [0.1, 0.15) is 0 Å². The Labute approximate surface area is 121 Å². The number of benzene rings is 2. The molecule has 2 nitrogen and oxygen atoms in total. The molecule has 1 atom stereocenters. The van der Waals surface area contributed by atoms with Gasteiger partial charge in [0.2, 0.25) is 0 Å². The molecule has 20 heavy (non-hydrogen) atoms. The van der Waals surface area contributed by atoms with Gasteiger partial charge in [-0.25, -0.2) is 0 Å². The van der Waals surface area contributed by atoms with E-state index in [4.69, 9.17) is 5.73 Å². The van der Waals surface area contributed by atoms with Crippen LogP contribution in [0.4, 0.5) is 5.69 Å². The van der Waals surface area contributed by atoms with Crippen molar-refractivity contribution in [2.24, 2.45) is 0 Å². The van der Waals surface area contributed by atoms with Crippen molar-refractivity contribution in [3.8, 4) is 0 Å². The summed E-state index contributed by atoms with van der Waals surface area (Å²) in [4.78, 5) is 2.53. The predicted octanol–water partition coefficient (Wildman–Crippen LogP) is 3.70. The number of nitrogens with two attached hydrogens (primary N) is 1. The number of hydrogen-bond acceptors (Lipinski definition) is 2. The van der Waals surface area contributed by atoms with Crippen molar-refractivity contribution in [2.75, 3.05) is 12.3 Å². The molecule has 1 heterocycles. The average molecular weight is 266 g/mol. The molecule has 2 heteroatoms. The minimum Gasteiger partial charge on any atom is -0.398 e. The van der Waals surface area contributed by atoms with Crippen molar-refractivity contribution in [2.45, 2.75) is 32.9 Å². The highest BCUT2D eigenvalue weighted by atomic mass is 15.2. The Hall–Kier alpha value is -1.80. The van der Waals surface area contributed by atoms with Crippen LogP contribution in [0.25, 0.3) is 0 Å². The van der Waals surface area contributed by atoms with Gasteiger partial charge < -0.3 is 5.73 Å². The minimum absolute atomic E-state index is 0.449. The van der Waals surface area contributed by atoms with Crippen LogP contribution in [0, 0.1) is 6.92 Å². The van der Waals surface area contributed by atoms with Gasteiger partial charge in [-0.05, 0) is 43.0 Å². The largest absolute Gasteiger partial charge is 0.398 e. The van der Waals surface area contributed by atoms with E-state index in [9.17, 15) is 0 Å². The molecule has 2 aromatic rings. The van der Waals surface area contributed by atoms with Gasteiger partial charge in [0, 0.05) is 24.8 Å². The monoisotopic (exact) mass is 266 g/mol. The first-order valence-corrected chi connectivity index (χ1v) is 7.32. The lowest BCUT2D eigenvalue weighted by Gasteiger charge is -2.34. The molecule has 2 aromatic carbocycles. The molecule has 1 unspecified atom stereocenters. The summed E-state index contributed by atoms with van der Waals surface area (Å²) in [7, 11) is 0. The van der Waals surface area contributed by atoms with Gasteiger partial charge in [-0.2, -0.15) is 0 Å². The summed E-state index contributed by atoms with van der Waals surface area (Å²) in [6, 6.07) is 15.6. The van der Waals surface area contributed by atoms with Crippen LogP contribution in [0.1, 0.15) is 35.2 Å². The fourth-order valence-corrected chi connectivity index (χ4v) is 3.05. The number of aryl methyl sites for hydroxylation is 1. The highest BCUT2D eigenvalue weighted by Crippen LogP contribution is 2.29. The van der Waals surface area contributed by atoms with E-state index in [1.165, 1.54) is 22.3 Å². The summed E-state index contributed by atoms with van der Waals surface area (Å²) >= 11 is 0. The predicted molar refractivity (Wildman–Crippen MR) is 84.6 cm³/mol. The first kappa shape index (κ1) is 13.2. The quantitative estimate of drug-likeness (QED) is 0.840. The molecule has 104 valence electrons. The topological polar surface area (TPSA) is 29.3 Å². The van der Waals surface area contributed by atoms with Crippen molar-refractivity contribution in [3.63, 3.8) is 0 Å². The number of fused-ring (bicyclic) bond motifs is 1. The molecule has 0 amide bonds. The SMILES string of the molecule is Cc1ccc(C(C)N2CCc3c(N)cccc3C2)cc1. The summed E-state index contributed by atoms with van der Waals surface area (Å²) in [5.41, 5.74) is 12.5. The maximum absolute atomic E-state index is 6.07. The summed E-state index contributed by atoms with van der Waals surface area (Å²) in [6.07, 6.45) is 1.05. The average Bonchev–Trinajstić information content (AvgIpc) is 2.47. The molecule has 0 saturated heterocycles. The van der Waals surface area contributed by atoms with Gasteiger partial charge in [-0.1, -0.05) is 42.0 Å². The summed E-state index contributed by atoms with van der Waals surface area (Å²) in [6.45, 7) is 6.50. The molecule has 0 aromatic heterocycles. The molecule has 3 rings (SSSR count). The number of nitrogen functional groups attached to an aromatic ring is 1. The van der Waals surface area contributed by atoms with E-state index in [2.05, 4.69) is 55.1 Å². The second-order valence-electron chi connectivity index (χ2n) is 5.79. The minimum atomic E-state index is 0.449. The first-order chi connectivity index (χ1) is 9.65. The van der Waals surface area contributed by atoms with Crippen LogP contribution in [0.15, 0.2) is 42.5 Å². The van der Waals surface area contributed by atoms with Crippen LogP contribution in [0.5, 0.6) is 0 Å². The zero-order valence-electron chi connectivity index (χ0n) is 12.3. The molecule has 1 aliphatic heterocycles. The summed E-state index contributed by atoms with van der Waals surface area (Å²) in [5, 5.41) is 0. The van der Waals surface area contributed by atoms with Crippen LogP contribution < -0.4 is 5.73 Å². The summed E-state index contributed by atoms with van der Waals surface area (Å²) in [5.74, 6) is 0. The fraction of sp³-hybridized carbons (Fsp3) is 0.333. The molecule has 2 N–H and O–H groups in total. The Bertz CT molecular complexity index is 601. The lowest BCUT2D eigenvalue weighted by Crippen LogP contribution is -2.33. The third kappa shape index (κ3) is 2.44. The van der Waals surface area contributed by atoms with Crippen LogP contribution in [0.2, 0.25) is 0 Å². The molecular weight excluding hydrogens is 244 g/mol. The van der Waals surface area contributed by atoms with Crippen LogP contribution in [-0.2, 0) is 13.0 Å². The molecular formula is C18H22N2. The Morgan fingerprint density at radius 1 is 1.10 bits per heavy atom. The zero-order valence-corrected chi connectivity index (χ0v) is 12.3. The van der Waals surface area contributed by atoms with Crippen molar-refractivity contribution < 1.29 is 0 Å². The normalized spacial score (nSPS) is 16.7. The molecule has 0 bridgehead atoms. The van der Waals surface area contributed by atoms with E-state index in [1.807, 2.05) is 6.07 Å². The van der Waals surface area contributed by atoms with E-state index in [1.54, 1.807) is 0 Å². The highest BCUT2D eigenvalue weighted by molar-refractivity contribution is 5.52. The molecule has 0 saturated carbocycles. The summed E-state index contributed by atoms with van der Waals surface area (Å²) < 4.78 is 0. The molecule has 0 aliphatic carbocycles. The Balaban J connectivity index is 1.81. The van der Waals surface area contributed by atoms with Crippen molar-refractivity contribution in [3.05, 3.63) is 64.7 Å². The maximum atomic E-state index is 6.07. The van der Waals surface area contributed by atoms with E-state index in [0.29, 0.717) is 6.04 Å². The van der Waals surface area contributed by atoms with Gasteiger partial charge in [0.25, 0.3) is 0 Å². The van der Waals surface area contributed by atoms with Gasteiger partial charge >= 0.3 is 0 Å². The van der Waals surface area contributed by atoms with Gasteiger partial charge in [0.05, 0.1) is 0 Å². The highest BCUT2D eigenvalue weighted by Gasteiger charge is 2.22. The van der Waals surface area contributed by atoms with Gasteiger partial charge in [0.15, 0.2) is 0 Å². The molecule has 0 spiro atoms. The maximum Gasteiger partial charge on any atom is 0.0350 e. The number of anilines is 1. The number of rotatable bonds is 2. The van der Waals surface area contributed by atoms with Crippen LogP contribution >= 0.6 is 0 Å². The smallest absolute Gasteiger partial charge is 0.0350 e. The van der Waals surface area contributed by atoms with Crippen molar-refractivity contribution >= 4 is 5.69 Å². The molecule has 0 fully saturated rings. The Morgan fingerprint density at radius 3 is 2.60 bits per heavy atom. The van der Waals surface area contributed by atoms with Crippen molar-refractivity contribution in [1.82, 2.24) is 4.90 Å². The van der Waals surface area contributed by atoms with Crippen LogP contribution in [-0.4, -0.2) is 11.4 Å². The second-order valence-corrected chi connectivity index (χ2v) is 5.79.